The first kappa shape index (κ1) is 12.7. The Labute approximate surface area is 106 Å². The fourth-order valence-electron chi connectivity index (χ4n) is 2.05. The van der Waals surface area contributed by atoms with Gasteiger partial charge in [-0.25, -0.2) is 0 Å². The number of hydroxylamine groups is 1. The number of nitrogens with zero attached hydrogens (tertiary/aromatic N) is 3. The predicted molar refractivity (Wildman–Crippen MR) is 68.5 cm³/mol. The second kappa shape index (κ2) is 3.60. The average molecular weight is 248 g/mol. The number of aryl methyl sites for hydroxylation is 1. The number of hydrogen-bond donors (Lipinski definition) is 0. The zero-order valence-corrected chi connectivity index (χ0v) is 11.4. The highest BCUT2D eigenvalue weighted by Gasteiger charge is 2.68. The van der Waals surface area contributed by atoms with E-state index in [1.807, 2.05) is 0 Å². The van der Waals surface area contributed by atoms with Gasteiger partial charge in [-0.3, -0.25) is 4.98 Å². The molecule has 2 heterocycles. The van der Waals surface area contributed by atoms with Crippen LogP contribution in [0.5, 0.6) is 0 Å². The third-order valence-corrected chi connectivity index (χ3v) is 4.15. The molecule has 1 aliphatic rings. The Morgan fingerprint density at radius 1 is 1.22 bits per heavy atom. The van der Waals surface area contributed by atoms with Crippen LogP contribution in [0.4, 0.5) is 0 Å². The van der Waals surface area contributed by atoms with E-state index in [0.29, 0.717) is 11.3 Å². The summed E-state index contributed by atoms with van der Waals surface area (Å²) in [4.78, 5) is 16.6. The van der Waals surface area contributed by atoms with Gasteiger partial charge in [-0.15, -0.1) is 4.74 Å². The summed E-state index contributed by atoms with van der Waals surface area (Å²) in [5.41, 5.74) is -0.289. The van der Waals surface area contributed by atoms with E-state index in [9.17, 15) is 10.1 Å². The zero-order chi connectivity index (χ0) is 13.7. The second-order valence-electron chi connectivity index (χ2n) is 5.67. The molecule has 0 N–H and O–H groups in total. The predicted octanol–water partition coefficient (Wildman–Crippen LogP) is 2.00. The largest absolute Gasteiger partial charge is 0.618 e. The number of amidine groups is 1. The van der Waals surface area contributed by atoms with Crippen LogP contribution in [-0.2, 0) is 0 Å². The number of aromatic nitrogens is 1. The Morgan fingerprint density at radius 3 is 2.28 bits per heavy atom. The molecule has 96 valence electrons. The van der Waals surface area contributed by atoms with Gasteiger partial charge in [0.15, 0.2) is 0 Å². The quantitative estimate of drug-likeness (QED) is 0.564. The molecule has 0 saturated carbocycles. The Bertz CT molecular complexity index is 559. The minimum absolute atomic E-state index is 0.149. The zero-order valence-electron chi connectivity index (χ0n) is 11.4. The van der Waals surface area contributed by atoms with Crippen LogP contribution in [0.3, 0.4) is 0 Å². The topological polar surface area (TPSA) is 59.0 Å². The molecular weight excluding hydrogens is 230 g/mol. The van der Waals surface area contributed by atoms with Crippen molar-refractivity contribution in [3.8, 4) is 0 Å². The van der Waals surface area contributed by atoms with Crippen molar-refractivity contribution in [2.75, 3.05) is 0 Å². The first-order valence-corrected chi connectivity index (χ1v) is 5.95. The fourth-order valence-corrected chi connectivity index (χ4v) is 2.05. The smallest absolute Gasteiger partial charge is 0.506 e. The lowest BCUT2D eigenvalue weighted by Gasteiger charge is -2.22. The second-order valence-corrected chi connectivity index (χ2v) is 5.67. The normalized spacial score (nSPS) is 21.5. The van der Waals surface area contributed by atoms with Crippen molar-refractivity contribution in [3.05, 3.63) is 39.7 Å². The third-order valence-electron chi connectivity index (χ3n) is 4.15. The van der Waals surface area contributed by atoms with Crippen LogP contribution in [0, 0.1) is 17.0 Å². The molecular formula is C13H18N3O2+. The highest BCUT2D eigenvalue weighted by atomic mass is 16.5. The highest BCUT2D eigenvalue weighted by molar-refractivity contribution is 5.90. The summed E-state index contributed by atoms with van der Waals surface area (Å²) in [6, 6.07) is 3.49. The number of nitroso groups, excluding NO2 is 1. The van der Waals surface area contributed by atoms with E-state index in [-0.39, 0.29) is 5.84 Å². The van der Waals surface area contributed by atoms with Crippen LogP contribution in [0.2, 0.25) is 0 Å². The maximum Gasteiger partial charge on any atom is 0.506 e. The van der Waals surface area contributed by atoms with E-state index in [0.717, 1.165) is 9.50 Å². The van der Waals surface area contributed by atoms with Gasteiger partial charge < -0.3 is 5.21 Å². The van der Waals surface area contributed by atoms with E-state index in [4.69, 9.17) is 0 Å². The Morgan fingerprint density at radius 2 is 1.83 bits per heavy atom. The summed E-state index contributed by atoms with van der Waals surface area (Å²) >= 11 is 0. The lowest BCUT2D eigenvalue weighted by Crippen LogP contribution is -2.50. The molecule has 1 aromatic heterocycles. The lowest BCUT2D eigenvalue weighted by molar-refractivity contribution is -0.555. The number of pyridine rings is 1. The van der Waals surface area contributed by atoms with Gasteiger partial charge in [0.2, 0.25) is 5.54 Å². The van der Waals surface area contributed by atoms with Crippen molar-refractivity contribution >= 4 is 5.84 Å². The minimum Gasteiger partial charge on any atom is -0.618 e. The number of hydrogen-bond acceptors (Lipinski definition) is 3. The standard InChI is InChI=1S/C13H18N3O2/c1-9-10(7-6-8-14-9)11-15(17)12(2,3)13(4,5)16(11)18/h6-8H,1-5H3/q+1. The van der Waals surface area contributed by atoms with Crippen molar-refractivity contribution in [2.24, 2.45) is 0 Å². The summed E-state index contributed by atoms with van der Waals surface area (Å²) in [5, 5.41) is 12.4. The minimum atomic E-state index is -0.785. The summed E-state index contributed by atoms with van der Waals surface area (Å²) in [5.74, 6) is 0.149. The molecule has 0 unspecified atom stereocenters. The van der Waals surface area contributed by atoms with Crippen molar-refractivity contribution in [1.82, 2.24) is 4.98 Å². The highest BCUT2D eigenvalue weighted by Crippen LogP contribution is 2.35. The molecule has 0 saturated heterocycles. The third kappa shape index (κ3) is 1.39. The summed E-state index contributed by atoms with van der Waals surface area (Å²) < 4.78 is 1.62. The van der Waals surface area contributed by atoms with Crippen LogP contribution < -0.4 is 0 Å². The van der Waals surface area contributed by atoms with E-state index in [2.05, 4.69) is 4.98 Å². The molecule has 0 aromatic carbocycles. The van der Waals surface area contributed by atoms with Gasteiger partial charge in [-0.05, 0) is 19.1 Å². The van der Waals surface area contributed by atoms with Gasteiger partial charge in [0.1, 0.15) is 10.3 Å². The molecule has 0 bridgehead atoms. The van der Waals surface area contributed by atoms with Gasteiger partial charge in [0.05, 0.1) is 5.69 Å². The van der Waals surface area contributed by atoms with Crippen molar-refractivity contribution in [3.63, 3.8) is 0 Å². The molecule has 0 spiro atoms. The van der Waals surface area contributed by atoms with E-state index >= 15 is 0 Å². The van der Waals surface area contributed by atoms with Crippen LogP contribution in [0.1, 0.15) is 39.0 Å². The van der Waals surface area contributed by atoms with Crippen LogP contribution >= 0.6 is 0 Å². The Kier molecular flexibility index (Phi) is 2.54. The first-order valence-electron chi connectivity index (χ1n) is 5.95. The van der Waals surface area contributed by atoms with Crippen LogP contribution in [0.15, 0.2) is 18.3 Å². The molecule has 1 aromatic rings. The van der Waals surface area contributed by atoms with Crippen molar-refractivity contribution in [1.29, 1.82) is 0 Å². The summed E-state index contributed by atoms with van der Waals surface area (Å²) in [6.07, 6.45) is 1.65. The SMILES string of the molecule is Cc1ncccc1C1=[N+]([O-])C(C)(C)C(C)(C)[N+]1=O. The average Bonchev–Trinajstić information content (AvgIpc) is 2.40. The molecule has 0 aliphatic carbocycles. The fraction of sp³-hybridized carbons (Fsp3) is 0.538. The maximum atomic E-state index is 12.4. The molecule has 2 rings (SSSR count). The van der Waals surface area contributed by atoms with Gasteiger partial charge in [0, 0.05) is 38.8 Å². The van der Waals surface area contributed by atoms with Crippen LogP contribution in [-0.4, -0.2) is 31.4 Å². The van der Waals surface area contributed by atoms with Gasteiger partial charge in [-0.2, -0.15) is 0 Å². The van der Waals surface area contributed by atoms with Crippen molar-refractivity contribution < 1.29 is 9.50 Å². The molecule has 0 fully saturated rings. The van der Waals surface area contributed by atoms with Crippen molar-refractivity contribution in [2.45, 2.75) is 45.7 Å². The lowest BCUT2D eigenvalue weighted by atomic mass is 9.84. The molecule has 5 nitrogen and oxygen atoms in total. The van der Waals surface area contributed by atoms with Gasteiger partial charge in [-0.1, -0.05) is 0 Å². The maximum absolute atomic E-state index is 12.4. The van der Waals surface area contributed by atoms with Gasteiger partial charge in [0.25, 0.3) is 5.54 Å². The number of rotatable bonds is 1. The first-order chi connectivity index (χ1) is 8.21. The van der Waals surface area contributed by atoms with E-state index in [1.54, 1.807) is 52.9 Å². The van der Waals surface area contributed by atoms with E-state index in [1.165, 1.54) is 0 Å². The molecule has 0 amide bonds. The van der Waals surface area contributed by atoms with E-state index < -0.39 is 11.1 Å². The van der Waals surface area contributed by atoms with Crippen LogP contribution in [0.25, 0.3) is 0 Å². The molecule has 1 aliphatic heterocycles. The molecule has 5 heteroatoms. The summed E-state index contributed by atoms with van der Waals surface area (Å²) in [6.45, 7) is 8.92. The molecule has 0 radical (unpaired) electrons. The monoisotopic (exact) mass is 248 g/mol. The molecule has 0 atom stereocenters. The Balaban J connectivity index is 2.70. The molecule has 18 heavy (non-hydrogen) atoms. The Hall–Kier alpha value is -1.78. The van der Waals surface area contributed by atoms with Gasteiger partial charge >= 0.3 is 5.84 Å². The summed E-state index contributed by atoms with van der Waals surface area (Å²) in [7, 11) is 0.